The van der Waals surface area contributed by atoms with Crippen LogP contribution in [-0.4, -0.2) is 33.3 Å². The molecular formula is C21H19N7O. The molecule has 4 N–H and O–H groups in total. The number of ether oxygens (including phenoxy) is 1. The third kappa shape index (κ3) is 3.81. The van der Waals surface area contributed by atoms with Crippen molar-refractivity contribution in [3.63, 3.8) is 0 Å². The van der Waals surface area contributed by atoms with E-state index in [4.69, 9.17) is 15.9 Å². The molecule has 8 heteroatoms. The lowest BCUT2D eigenvalue weighted by Gasteiger charge is -2.09. The second-order valence-electron chi connectivity index (χ2n) is 6.34. The number of nitrogen functional groups attached to an aromatic ring is 1. The van der Waals surface area contributed by atoms with Gasteiger partial charge in [0.2, 0.25) is 5.95 Å². The van der Waals surface area contributed by atoms with Crippen molar-refractivity contribution >= 4 is 28.9 Å². The third-order valence-electron chi connectivity index (χ3n) is 4.50. The first-order valence-corrected chi connectivity index (χ1v) is 8.93. The van der Waals surface area contributed by atoms with Crippen LogP contribution in [0.25, 0.3) is 22.2 Å². The molecule has 0 radical (unpaired) electrons. The van der Waals surface area contributed by atoms with Crippen LogP contribution in [0.1, 0.15) is 11.1 Å². The molecule has 4 rings (SSSR count). The highest BCUT2D eigenvalue weighted by atomic mass is 16.5. The highest BCUT2D eigenvalue weighted by molar-refractivity contribution is 5.94. The van der Waals surface area contributed by atoms with Gasteiger partial charge in [-0.2, -0.15) is 0 Å². The van der Waals surface area contributed by atoms with Gasteiger partial charge in [-0.25, -0.2) is 19.9 Å². The Bertz CT molecular complexity index is 1190. The summed E-state index contributed by atoms with van der Waals surface area (Å²) in [7, 11) is 1.65. The SMILES string of the molecule is COc1cccc(CNc2ncc3cc(-c4ncnc(N)c4C=N)ccc3n2)c1. The average molecular weight is 385 g/mol. The van der Waals surface area contributed by atoms with Crippen molar-refractivity contribution in [3.8, 4) is 17.0 Å². The number of anilines is 2. The van der Waals surface area contributed by atoms with Gasteiger partial charge < -0.3 is 21.2 Å². The molecule has 0 saturated heterocycles. The Balaban J connectivity index is 1.59. The highest BCUT2D eigenvalue weighted by Crippen LogP contribution is 2.26. The molecule has 0 amide bonds. The van der Waals surface area contributed by atoms with Crippen molar-refractivity contribution in [1.29, 1.82) is 5.41 Å². The van der Waals surface area contributed by atoms with E-state index >= 15 is 0 Å². The lowest BCUT2D eigenvalue weighted by Crippen LogP contribution is -2.04. The van der Waals surface area contributed by atoms with Crippen molar-refractivity contribution in [3.05, 3.63) is 66.1 Å². The van der Waals surface area contributed by atoms with Crippen LogP contribution in [0.5, 0.6) is 5.75 Å². The number of methoxy groups -OCH3 is 1. The van der Waals surface area contributed by atoms with Crippen molar-refractivity contribution in [1.82, 2.24) is 19.9 Å². The zero-order valence-electron chi connectivity index (χ0n) is 15.8. The van der Waals surface area contributed by atoms with Crippen molar-refractivity contribution in [2.45, 2.75) is 6.54 Å². The summed E-state index contributed by atoms with van der Waals surface area (Å²) in [5.74, 6) is 1.63. The maximum atomic E-state index is 7.58. The Hall–Kier alpha value is -4.07. The van der Waals surface area contributed by atoms with E-state index < -0.39 is 0 Å². The summed E-state index contributed by atoms with van der Waals surface area (Å²) in [5.41, 5.74) is 9.65. The van der Waals surface area contributed by atoms with E-state index in [1.165, 1.54) is 6.33 Å². The number of nitrogens with one attached hydrogen (secondary N) is 2. The number of nitrogens with zero attached hydrogens (tertiary/aromatic N) is 4. The van der Waals surface area contributed by atoms with E-state index in [9.17, 15) is 0 Å². The molecule has 0 bridgehead atoms. The minimum atomic E-state index is 0.276. The van der Waals surface area contributed by atoms with Crippen LogP contribution in [0.3, 0.4) is 0 Å². The number of fused-ring (bicyclic) bond motifs is 1. The van der Waals surface area contributed by atoms with Crippen LogP contribution in [0, 0.1) is 5.41 Å². The smallest absolute Gasteiger partial charge is 0.223 e. The highest BCUT2D eigenvalue weighted by Gasteiger charge is 2.10. The molecule has 8 nitrogen and oxygen atoms in total. The number of rotatable bonds is 6. The first-order chi connectivity index (χ1) is 14.2. The van der Waals surface area contributed by atoms with Gasteiger partial charge in [0.15, 0.2) is 0 Å². The molecule has 144 valence electrons. The fourth-order valence-electron chi connectivity index (χ4n) is 3.01. The maximum Gasteiger partial charge on any atom is 0.223 e. The molecular weight excluding hydrogens is 366 g/mol. The van der Waals surface area contributed by atoms with Crippen LogP contribution < -0.4 is 15.8 Å². The van der Waals surface area contributed by atoms with Crippen LogP contribution in [-0.2, 0) is 6.54 Å². The summed E-state index contributed by atoms with van der Waals surface area (Å²) >= 11 is 0. The molecule has 0 saturated carbocycles. The third-order valence-corrected chi connectivity index (χ3v) is 4.50. The van der Waals surface area contributed by atoms with Gasteiger partial charge in [-0.05, 0) is 29.8 Å². The average Bonchev–Trinajstić information content (AvgIpc) is 2.77. The predicted molar refractivity (Wildman–Crippen MR) is 113 cm³/mol. The summed E-state index contributed by atoms with van der Waals surface area (Å²) < 4.78 is 5.25. The second kappa shape index (κ2) is 7.89. The van der Waals surface area contributed by atoms with Gasteiger partial charge in [0, 0.05) is 29.9 Å². The van der Waals surface area contributed by atoms with Gasteiger partial charge in [-0.3, -0.25) is 0 Å². The number of benzene rings is 2. The maximum absolute atomic E-state index is 7.58. The molecule has 0 aliphatic heterocycles. The fourth-order valence-corrected chi connectivity index (χ4v) is 3.01. The molecule has 2 aromatic carbocycles. The minimum absolute atomic E-state index is 0.276. The fraction of sp³-hybridized carbons (Fsp3) is 0.0952. The first kappa shape index (κ1) is 18.3. The Labute approximate surface area is 167 Å². The molecule has 2 heterocycles. The van der Waals surface area contributed by atoms with Crippen LogP contribution in [0.2, 0.25) is 0 Å². The number of hydrogen-bond donors (Lipinski definition) is 3. The molecule has 0 spiro atoms. The van der Waals surface area contributed by atoms with Gasteiger partial charge in [-0.1, -0.05) is 18.2 Å². The molecule has 4 aromatic rings. The summed E-state index contributed by atoms with van der Waals surface area (Å²) in [4.78, 5) is 17.2. The van der Waals surface area contributed by atoms with Gasteiger partial charge in [0.1, 0.15) is 17.9 Å². The summed E-state index contributed by atoms with van der Waals surface area (Å²) in [5, 5.41) is 11.7. The molecule has 0 unspecified atom stereocenters. The molecule has 0 aliphatic carbocycles. The Morgan fingerprint density at radius 3 is 2.86 bits per heavy atom. The number of aromatic nitrogens is 4. The quantitative estimate of drug-likeness (QED) is 0.435. The minimum Gasteiger partial charge on any atom is -0.497 e. The lowest BCUT2D eigenvalue weighted by molar-refractivity contribution is 0.414. The van der Waals surface area contributed by atoms with Gasteiger partial charge in [0.05, 0.1) is 23.9 Å². The van der Waals surface area contributed by atoms with Crippen molar-refractivity contribution in [2.75, 3.05) is 18.2 Å². The molecule has 0 aliphatic rings. The summed E-state index contributed by atoms with van der Waals surface area (Å²) in [6, 6.07) is 13.6. The van der Waals surface area contributed by atoms with Crippen molar-refractivity contribution < 1.29 is 4.74 Å². The lowest BCUT2D eigenvalue weighted by atomic mass is 10.1. The van der Waals surface area contributed by atoms with Crippen LogP contribution >= 0.6 is 0 Å². The predicted octanol–water partition coefficient (Wildman–Crippen LogP) is 3.29. The largest absolute Gasteiger partial charge is 0.497 e. The van der Waals surface area contributed by atoms with Crippen LogP contribution in [0.4, 0.5) is 11.8 Å². The van der Waals surface area contributed by atoms with E-state index in [2.05, 4.69) is 25.3 Å². The molecule has 0 fully saturated rings. The van der Waals surface area contributed by atoms with Gasteiger partial charge in [0.25, 0.3) is 0 Å². The van der Waals surface area contributed by atoms with Gasteiger partial charge >= 0.3 is 0 Å². The van der Waals surface area contributed by atoms with E-state index in [0.717, 1.165) is 34.0 Å². The first-order valence-electron chi connectivity index (χ1n) is 8.93. The number of hydrogen-bond acceptors (Lipinski definition) is 8. The molecule has 29 heavy (non-hydrogen) atoms. The number of nitrogens with two attached hydrogens (primary N) is 1. The van der Waals surface area contributed by atoms with Crippen molar-refractivity contribution in [2.24, 2.45) is 0 Å². The monoisotopic (exact) mass is 385 g/mol. The Kier molecular flexibility index (Phi) is 4.98. The van der Waals surface area contributed by atoms with E-state index in [-0.39, 0.29) is 5.82 Å². The zero-order valence-corrected chi connectivity index (χ0v) is 15.8. The summed E-state index contributed by atoms with van der Waals surface area (Å²) in [6.45, 7) is 0.587. The standard InChI is InChI=1S/C21H19N7O/c1-29-16-4-2-3-13(7-16)10-24-21-25-11-15-8-14(5-6-18(15)28-21)19-17(9-22)20(23)27-12-26-19/h2-9,11-12,22H,10H2,1H3,(H2,23,26,27)(H,24,25,28). The summed E-state index contributed by atoms with van der Waals surface area (Å²) in [6.07, 6.45) is 4.31. The van der Waals surface area contributed by atoms with Gasteiger partial charge in [-0.15, -0.1) is 0 Å². The van der Waals surface area contributed by atoms with Crippen LogP contribution in [0.15, 0.2) is 55.0 Å². The van der Waals surface area contributed by atoms with E-state index in [1.54, 1.807) is 13.3 Å². The Morgan fingerprint density at radius 2 is 2.03 bits per heavy atom. The topological polar surface area (TPSA) is 123 Å². The molecule has 2 aromatic heterocycles. The normalized spacial score (nSPS) is 10.7. The van der Waals surface area contributed by atoms with E-state index in [0.29, 0.717) is 23.8 Å². The zero-order chi connectivity index (χ0) is 20.2. The van der Waals surface area contributed by atoms with E-state index in [1.807, 2.05) is 42.5 Å². The second-order valence-corrected chi connectivity index (χ2v) is 6.34. The Morgan fingerprint density at radius 1 is 1.14 bits per heavy atom. The molecule has 0 atom stereocenters.